The van der Waals surface area contributed by atoms with Crippen LogP contribution in [0.4, 0.5) is 0 Å². The number of halogens is 1. The maximum atomic E-state index is 6.03. The minimum atomic E-state index is 0.625. The monoisotopic (exact) mass is 368 g/mol. The maximum Gasteiger partial charge on any atom is 0.130 e. The molecule has 0 bridgehead atoms. The Kier molecular flexibility index (Phi) is 4.18. The third kappa shape index (κ3) is 3.17. The molecule has 0 unspecified atom stereocenters. The third-order valence-corrected chi connectivity index (χ3v) is 4.21. The molecule has 1 N–H and O–H groups in total. The molecule has 4 heteroatoms. The molecule has 3 nitrogen and oxygen atoms in total. The lowest BCUT2D eigenvalue weighted by Crippen LogP contribution is -2.33. The number of hydrogen-bond acceptors (Lipinski definition) is 3. The van der Waals surface area contributed by atoms with Crippen LogP contribution in [0.25, 0.3) is 10.9 Å². The number of rotatable bonds is 3. The van der Waals surface area contributed by atoms with Gasteiger partial charge in [0.05, 0.1) is 12.1 Å². The summed E-state index contributed by atoms with van der Waals surface area (Å²) in [5.74, 6) is 1.58. The Labute approximate surface area is 126 Å². The number of nitrogens with zero attached hydrogens (tertiary/aromatic N) is 1. The van der Waals surface area contributed by atoms with Crippen molar-refractivity contribution in [3.63, 3.8) is 0 Å². The van der Waals surface area contributed by atoms with Gasteiger partial charge in [0.15, 0.2) is 0 Å². The average Bonchev–Trinajstić information content (AvgIpc) is 2.46. The van der Waals surface area contributed by atoms with Crippen molar-refractivity contribution in [1.29, 1.82) is 0 Å². The summed E-state index contributed by atoms with van der Waals surface area (Å²) < 4.78 is 7.24. The molecule has 0 saturated carbocycles. The summed E-state index contributed by atoms with van der Waals surface area (Å²) in [5, 5.41) is 4.53. The lowest BCUT2D eigenvalue weighted by Gasteiger charge is -2.23. The molecule has 1 aromatic heterocycles. The number of piperidine rings is 1. The molecule has 2 aromatic rings. The predicted molar refractivity (Wildman–Crippen MR) is 85.5 cm³/mol. The van der Waals surface area contributed by atoms with Crippen molar-refractivity contribution >= 4 is 33.5 Å². The second kappa shape index (κ2) is 6.05. The number of nitrogens with one attached hydrogen (secondary N) is 1. The van der Waals surface area contributed by atoms with Crippen molar-refractivity contribution in [3.05, 3.63) is 34.0 Å². The second-order valence-corrected chi connectivity index (χ2v) is 6.24. The number of benzene rings is 1. The Morgan fingerprint density at radius 1 is 1.37 bits per heavy atom. The molecule has 3 rings (SSSR count). The van der Waals surface area contributed by atoms with Gasteiger partial charge in [0, 0.05) is 27.6 Å². The van der Waals surface area contributed by atoms with Gasteiger partial charge >= 0.3 is 0 Å². The molecule has 100 valence electrons. The van der Waals surface area contributed by atoms with E-state index in [1.165, 1.54) is 16.4 Å². The van der Waals surface area contributed by atoms with E-state index in [1.54, 1.807) is 0 Å². The van der Waals surface area contributed by atoms with Crippen LogP contribution in [0.5, 0.6) is 5.75 Å². The molecule has 1 aromatic carbocycles. The van der Waals surface area contributed by atoms with Gasteiger partial charge in [0.2, 0.25) is 0 Å². The van der Waals surface area contributed by atoms with Crippen molar-refractivity contribution in [2.75, 3.05) is 19.7 Å². The fraction of sp³-hybridized carbons (Fsp3) is 0.400. The molecule has 1 aliphatic heterocycles. The molecule has 0 aliphatic carbocycles. The zero-order valence-electron chi connectivity index (χ0n) is 10.7. The molecule has 2 heterocycles. The van der Waals surface area contributed by atoms with Crippen LogP contribution in [0.3, 0.4) is 0 Å². The zero-order valence-corrected chi connectivity index (χ0v) is 12.9. The van der Waals surface area contributed by atoms with E-state index in [1.807, 2.05) is 18.3 Å². The number of ether oxygens (including phenoxy) is 1. The van der Waals surface area contributed by atoms with Crippen molar-refractivity contribution in [3.8, 4) is 5.75 Å². The van der Waals surface area contributed by atoms with Gasteiger partial charge in [0.1, 0.15) is 5.75 Å². The SMILES string of the molecule is Ic1ccc2nccc(OC[C@@H]3CCCNC3)c2c1. The molecule has 0 amide bonds. The largest absolute Gasteiger partial charge is 0.492 e. The first-order valence-corrected chi connectivity index (χ1v) is 7.78. The van der Waals surface area contributed by atoms with E-state index in [9.17, 15) is 0 Å². The summed E-state index contributed by atoms with van der Waals surface area (Å²) in [7, 11) is 0. The summed E-state index contributed by atoms with van der Waals surface area (Å²) >= 11 is 2.32. The van der Waals surface area contributed by atoms with Gasteiger partial charge in [-0.25, -0.2) is 0 Å². The van der Waals surface area contributed by atoms with Gasteiger partial charge < -0.3 is 10.1 Å². The summed E-state index contributed by atoms with van der Waals surface area (Å²) in [6, 6.07) is 8.23. The molecule has 1 fully saturated rings. The Bertz CT molecular complexity index is 567. The third-order valence-electron chi connectivity index (χ3n) is 3.54. The fourth-order valence-electron chi connectivity index (χ4n) is 2.49. The van der Waals surface area contributed by atoms with Crippen molar-refractivity contribution in [1.82, 2.24) is 10.3 Å². The van der Waals surface area contributed by atoms with E-state index in [0.29, 0.717) is 5.92 Å². The van der Waals surface area contributed by atoms with Crippen LogP contribution >= 0.6 is 22.6 Å². The van der Waals surface area contributed by atoms with E-state index in [2.05, 4.69) is 45.0 Å². The maximum absolute atomic E-state index is 6.03. The van der Waals surface area contributed by atoms with Gasteiger partial charge in [-0.2, -0.15) is 0 Å². The summed E-state index contributed by atoms with van der Waals surface area (Å²) in [5.41, 5.74) is 1.000. The normalized spacial score (nSPS) is 19.5. The molecular formula is C15H17IN2O. The summed E-state index contributed by atoms with van der Waals surface area (Å²) in [6.45, 7) is 3.00. The molecular weight excluding hydrogens is 351 g/mol. The van der Waals surface area contributed by atoms with Crippen LogP contribution in [0.2, 0.25) is 0 Å². The first kappa shape index (κ1) is 13.1. The van der Waals surface area contributed by atoms with Crippen LogP contribution < -0.4 is 10.1 Å². The lowest BCUT2D eigenvalue weighted by molar-refractivity contribution is 0.220. The minimum absolute atomic E-state index is 0.625. The Morgan fingerprint density at radius 3 is 3.16 bits per heavy atom. The van der Waals surface area contributed by atoms with Crippen molar-refractivity contribution < 1.29 is 4.74 Å². The highest BCUT2D eigenvalue weighted by molar-refractivity contribution is 14.1. The molecule has 1 aliphatic rings. The zero-order chi connectivity index (χ0) is 13.1. The predicted octanol–water partition coefficient (Wildman–Crippen LogP) is 3.22. The van der Waals surface area contributed by atoms with Crippen LogP contribution in [0.1, 0.15) is 12.8 Å². The second-order valence-electron chi connectivity index (χ2n) is 4.99. The fourth-order valence-corrected chi connectivity index (χ4v) is 2.98. The van der Waals surface area contributed by atoms with Crippen LogP contribution in [0.15, 0.2) is 30.5 Å². The van der Waals surface area contributed by atoms with Crippen LogP contribution in [0, 0.1) is 9.49 Å². The van der Waals surface area contributed by atoms with Gasteiger partial charge in [-0.05, 0) is 66.2 Å². The van der Waals surface area contributed by atoms with Crippen molar-refractivity contribution in [2.24, 2.45) is 5.92 Å². The Hall–Kier alpha value is -0.880. The summed E-state index contributed by atoms with van der Waals surface area (Å²) in [6.07, 6.45) is 4.33. The van der Waals surface area contributed by atoms with E-state index in [4.69, 9.17) is 4.74 Å². The topological polar surface area (TPSA) is 34.1 Å². The standard InChI is InChI=1S/C15H17IN2O/c16-12-3-4-14-13(8-12)15(5-7-18-14)19-10-11-2-1-6-17-9-11/h3-5,7-8,11,17H,1-2,6,9-10H2/t11-/m1/s1. The minimum Gasteiger partial charge on any atom is -0.492 e. The Balaban J connectivity index is 1.78. The van der Waals surface area contributed by atoms with E-state index in [0.717, 1.165) is 36.3 Å². The highest BCUT2D eigenvalue weighted by Gasteiger charge is 2.14. The number of hydrogen-bond donors (Lipinski definition) is 1. The van der Waals surface area contributed by atoms with E-state index < -0.39 is 0 Å². The van der Waals surface area contributed by atoms with Gasteiger partial charge in [-0.1, -0.05) is 0 Å². The van der Waals surface area contributed by atoms with E-state index >= 15 is 0 Å². The van der Waals surface area contributed by atoms with Gasteiger partial charge in [-0.15, -0.1) is 0 Å². The quantitative estimate of drug-likeness (QED) is 0.845. The van der Waals surface area contributed by atoms with Gasteiger partial charge in [0.25, 0.3) is 0 Å². The molecule has 19 heavy (non-hydrogen) atoms. The first-order chi connectivity index (χ1) is 9.33. The molecule has 1 saturated heterocycles. The summed E-state index contributed by atoms with van der Waals surface area (Å²) in [4.78, 5) is 4.38. The lowest BCUT2D eigenvalue weighted by atomic mass is 10.0. The Morgan fingerprint density at radius 2 is 2.32 bits per heavy atom. The molecule has 1 atom stereocenters. The highest BCUT2D eigenvalue weighted by Crippen LogP contribution is 2.26. The smallest absolute Gasteiger partial charge is 0.130 e. The van der Waals surface area contributed by atoms with E-state index in [-0.39, 0.29) is 0 Å². The number of pyridine rings is 1. The number of fused-ring (bicyclic) bond motifs is 1. The molecule has 0 radical (unpaired) electrons. The average molecular weight is 368 g/mol. The first-order valence-electron chi connectivity index (χ1n) is 6.71. The number of aromatic nitrogens is 1. The van der Waals surface area contributed by atoms with Crippen LogP contribution in [-0.4, -0.2) is 24.7 Å². The highest BCUT2D eigenvalue weighted by atomic mass is 127. The van der Waals surface area contributed by atoms with Gasteiger partial charge in [-0.3, -0.25) is 4.98 Å². The molecule has 0 spiro atoms. The van der Waals surface area contributed by atoms with Crippen molar-refractivity contribution in [2.45, 2.75) is 12.8 Å². The van der Waals surface area contributed by atoms with Crippen LogP contribution in [-0.2, 0) is 0 Å².